The topological polar surface area (TPSA) is 92.7 Å². The van der Waals surface area contributed by atoms with Gasteiger partial charge in [0.2, 0.25) is 10.0 Å². The molecule has 2 N–H and O–H groups in total. The Morgan fingerprint density at radius 3 is 2.90 bits per heavy atom. The van der Waals surface area contributed by atoms with E-state index in [1.54, 1.807) is 6.92 Å². The number of hydrogen-bond acceptors (Lipinski definition) is 5. The molecule has 2 heterocycles. The first-order chi connectivity index (χ1) is 9.40. The molecule has 0 amide bonds. The second-order valence-electron chi connectivity index (χ2n) is 4.75. The van der Waals surface area contributed by atoms with Gasteiger partial charge < -0.3 is 9.84 Å². The number of thiophene rings is 1. The van der Waals surface area contributed by atoms with Gasteiger partial charge in [0.1, 0.15) is 4.88 Å². The first kappa shape index (κ1) is 15.4. The molecule has 0 saturated carbocycles. The fourth-order valence-electron chi connectivity index (χ4n) is 2.12. The van der Waals surface area contributed by atoms with Gasteiger partial charge >= 0.3 is 5.97 Å². The maximum absolute atomic E-state index is 12.1. The number of carboxylic acids is 1. The van der Waals surface area contributed by atoms with Gasteiger partial charge in [-0.05, 0) is 31.7 Å². The van der Waals surface area contributed by atoms with Gasteiger partial charge in [-0.2, -0.15) is 0 Å². The van der Waals surface area contributed by atoms with Crippen molar-refractivity contribution in [3.63, 3.8) is 0 Å². The van der Waals surface area contributed by atoms with Crippen molar-refractivity contribution < 1.29 is 23.1 Å². The zero-order valence-corrected chi connectivity index (χ0v) is 12.7. The van der Waals surface area contributed by atoms with Crippen LogP contribution >= 0.6 is 11.3 Å². The molecule has 0 spiro atoms. The normalized spacial score (nSPS) is 19.4. The summed E-state index contributed by atoms with van der Waals surface area (Å²) in [6, 6.07) is 1.21. The van der Waals surface area contributed by atoms with E-state index in [0.29, 0.717) is 23.9 Å². The Bertz CT molecular complexity index is 587. The van der Waals surface area contributed by atoms with Crippen LogP contribution in [-0.2, 0) is 14.8 Å². The highest BCUT2D eigenvalue weighted by molar-refractivity contribution is 7.89. The second kappa shape index (κ2) is 6.21. The highest BCUT2D eigenvalue weighted by Gasteiger charge is 2.23. The zero-order valence-electron chi connectivity index (χ0n) is 11.1. The smallest absolute Gasteiger partial charge is 0.345 e. The van der Waals surface area contributed by atoms with Crippen molar-refractivity contribution in [1.29, 1.82) is 0 Å². The van der Waals surface area contributed by atoms with E-state index in [9.17, 15) is 13.2 Å². The summed E-state index contributed by atoms with van der Waals surface area (Å²) in [4.78, 5) is 11.4. The lowest BCUT2D eigenvalue weighted by molar-refractivity contribution is 0.0702. The predicted octanol–water partition coefficient (Wildman–Crippen LogP) is 1.46. The third-order valence-electron chi connectivity index (χ3n) is 3.24. The molecule has 0 aromatic carbocycles. The number of hydrogen-bond donors (Lipinski definition) is 2. The number of ether oxygens (including phenoxy) is 1. The van der Waals surface area contributed by atoms with Crippen molar-refractivity contribution >= 4 is 27.3 Å². The first-order valence-electron chi connectivity index (χ1n) is 6.31. The fourth-order valence-corrected chi connectivity index (χ4v) is 4.60. The Kier molecular flexibility index (Phi) is 4.79. The molecule has 0 bridgehead atoms. The Morgan fingerprint density at radius 1 is 1.60 bits per heavy atom. The number of aromatic carboxylic acids is 1. The Morgan fingerprint density at radius 2 is 2.35 bits per heavy atom. The molecule has 112 valence electrons. The van der Waals surface area contributed by atoms with Crippen LogP contribution in [0.25, 0.3) is 0 Å². The average molecular weight is 319 g/mol. The summed E-state index contributed by atoms with van der Waals surface area (Å²) in [5, 5.41) is 8.89. The summed E-state index contributed by atoms with van der Waals surface area (Å²) in [5.41, 5.74) is 0. The Hall–Kier alpha value is -0.960. The largest absolute Gasteiger partial charge is 0.477 e. The SMILES string of the molecule is Cc1sc(C(=O)O)cc1S(=O)(=O)NCCC1CCOC1. The van der Waals surface area contributed by atoms with Crippen LogP contribution in [-0.4, -0.2) is 39.3 Å². The van der Waals surface area contributed by atoms with Gasteiger partial charge in [-0.3, -0.25) is 0 Å². The zero-order chi connectivity index (χ0) is 14.8. The van der Waals surface area contributed by atoms with Crippen LogP contribution in [0.2, 0.25) is 0 Å². The standard InChI is InChI=1S/C12H17NO5S2/c1-8-11(6-10(19-8)12(14)15)20(16,17)13-4-2-9-3-5-18-7-9/h6,9,13H,2-5,7H2,1H3,(H,14,15). The van der Waals surface area contributed by atoms with Crippen LogP contribution in [0.5, 0.6) is 0 Å². The predicted molar refractivity (Wildman–Crippen MR) is 74.7 cm³/mol. The number of sulfonamides is 1. The van der Waals surface area contributed by atoms with Gasteiger partial charge in [0.05, 0.1) is 4.90 Å². The molecular weight excluding hydrogens is 302 g/mol. The van der Waals surface area contributed by atoms with E-state index in [2.05, 4.69) is 4.72 Å². The van der Waals surface area contributed by atoms with Gasteiger partial charge in [0.15, 0.2) is 0 Å². The van der Waals surface area contributed by atoms with E-state index in [0.717, 1.165) is 30.8 Å². The molecule has 1 fully saturated rings. The van der Waals surface area contributed by atoms with E-state index >= 15 is 0 Å². The number of carboxylic acid groups (broad SMARTS) is 1. The monoisotopic (exact) mass is 319 g/mol. The van der Waals surface area contributed by atoms with E-state index in [-0.39, 0.29) is 9.77 Å². The van der Waals surface area contributed by atoms with Crippen molar-refractivity contribution in [3.8, 4) is 0 Å². The molecule has 1 aromatic rings. The second-order valence-corrected chi connectivity index (χ2v) is 7.74. The minimum Gasteiger partial charge on any atom is -0.477 e. The van der Waals surface area contributed by atoms with Crippen molar-refractivity contribution in [3.05, 3.63) is 15.8 Å². The van der Waals surface area contributed by atoms with E-state index in [4.69, 9.17) is 9.84 Å². The van der Waals surface area contributed by atoms with Crippen LogP contribution in [0.1, 0.15) is 27.4 Å². The van der Waals surface area contributed by atoms with E-state index in [1.807, 2.05) is 0 Å². The molecule has 0 aliphatic carbocycles. The first-order valence-corrected chi connectivity index (χ1v) is 8.61. The number of aryl methyl sites for hydroxylation is 1. The van der Waals surface area contributed by atoms with Crippen molar-refractivity contribution in [1.82, 2.24) is 4.72 Å². The van der Waals surface area contributed by atoms with Gasteiger partial charge in [0, 0.05) is 24.6 Å². The summed E-state index contributed by atoms with van der Waals surface area (Å²) in [6.07, 6.45) is 1.69. The fraction of sp³-hybridized carbons (Fsp3) is 0.583. The molecule has 1 aromatic heterocycles. The van der Waals surface area contributed by atoms with Gasteiger partial charge in [-0.15, -0.1) is 11.3 Å². The number of carbonyl (C=O) groups is 1. The third-order valence-corrected chi connectivity index (χ3v) is 6.00. The van der Waals surface area contributed by atoms with E-state index in [1.165, 1.54) is 6.07 Å². The maximum atomic E-state index is 12.1. The van der Waals surface area contributed by atoms with Crippen LogP contribution in [0.15, 0.2) is 11.0 Å². The van der Waals surface area contributed by atoms with Gasteiger partial charge in [-0.1, -0.05) is 0 Å². The summed E-state index contributed by atoms with van der Waals surface area (Å²) < 4.78 is 32.0. The third kappa shape index (κ3) is 3.57. The molecule has 1 saturated heterocycles. The molecular formula is C12H17NO5S2. The number of nitrogens with one attached hydrogen (secondary N) is 1. The molecule has 1 unspecified atom stereocenters. The van der Waals surface area contributed by atoms with Crippen molar-refractivity contribution in [2.75, 3.05) is 19.8 Å². The summed E-state index contributed by atoms with van der Waals surface area (Å²) in [6.45, 7) is 3.37. The van der Waals surface area contributed by atoms with Gasteiger partial charge in [0.25, 0.3) is 0 Å². The molecule has 0 radical (unpaired) electrons. The molecule has 1 atom stereocenters. The quantitative estimate of drug-likeness (QED) is 0.828. The molecule has 1 aliphatic heterocycles. The lowest BCUT2D eigenvalue weighted by atomic mass is 10.1. The lowest BCUT2D eigenvalue weighted by Crippen LogP contribution is -2.26. The summed E-state index contributed by atoms with van der Waals surface area (Å²) >= 11 is 0.969. The van der Waals surface area contributed by atoms with Crippen LogP contribution in [0, 0.1) is 12.8 Å². The van der Waals surface area contributed by atoms with Crippen molar-refractivity contribution in [2.45, 2.75) is 24.7 Å². The molecule has 8 heteroatoms. The highest BCUT2D eigenvalue weighted by Crippen LogP contribution is 2.25. The Labute approximate surface area is 121 Å². The maximum Gasteiger partial charge on any atom is 0.345 e. The molecule has 2 rings (SSSR count). The van der Waals surface area contributed by atoms with E-state index < -0.39 is 16.0 Å². The Balaban J connectivity index is 2.00. The minimum absolute atomic E-state index is 0.0343. The highest BCUT2D eigenvalue weighted by atomic mass is 32.2. The lowest BCUT2D eigenvalue weighted by Gasteiger charge is -2.09. The van der Waals surface area contributed by atoms with Crippen molar-refractivity contribution in [2.24, 2.45) is 5.92 Å². The summed E-state index contributed by atoms with van der Waals surface area (Å²) in [5.74, 6) is -0.710. The number of rotatable bonds is 6. The van der Waals surface area contributed by atoms with Crippen LogP contribution < -0.4 is 4.72 Å². The average Bonchev–Trinajstić information content (AvgIpc) is 2.98. The molecule has 20 heavy (non-hydrogen) atoms. The molecule has 1 aliphatic rings. The minimum atomic E-state index is -3.64. The van der Waals surface area contributed by atoms with Crippen LogP contribution in [0.4, 0.5) is 0 Å². The summed E-state index contributed by atoms with van der Waals surface area (Å²) in [7, 11) is -3.64. The van der Waals surface area contributed by atoms with Gasteiger partial charge in [-0.25, -0.2) is 17.9 Å². The van der Waals surface area contributed by atoms with Crippen LogP contribution in [0.3, 0.4) is 0 Å². The molecule has 6 nitrogen and oxygen atoms in total.